The van der Waals surface area contributed by atoms with E-state index >= 15 is 0 Å². The van der Waals surface area contributed by atoms with Crippen LogP contribution in [0.25, 0.3) is 11.4 Å². The summed E-state index contributed by atoms with van der Waals surface area (Å²) < 4.78 is 2.68. The van der Waals surface area contributed by atoms with Crippen molar-refractivity contribution >= 4 is 34.2 Å². The Labute approximate surface area is 119 Å². The first-order valence-corrected chi connectivity index (χ1v) is 6.71. The summed E-state index contributed by atoms with van der Waals surface area (Å²) in [7, 11) is 1.88. The Morgan fingerprint density at radius 1 is 1.41 bits per heavy atom. The number of hydrogen-bond donors (Lipinski definition) is 0. The molecule has 0 aliphatic heterocycles. The fraction of sp³-hybridized carbons (Fsp3) is 0.364. The van der Waals surface area contributed by atoms with Crippen LogP contribution in [0.5, 0.6) is 0 Å². The van der Waals surface area contributed by atoms with E-state index in [1.165, 1.54) is 0 Å². The molecule has 0 saturated heterocycles. The van der Waals surface area contributed by atoms with E-state index in [2.05, 4.69) is 44.6 Å². The molecule has 0 amide bonds. The van der Waals surface area contributed by atoms with Crippen LogP contribution in [0.4, 0.5) is 0 Å². The third-order valence-electron chi connectivity index (χ3n) is 2.47. The maximum atomic E-state index is 6.12. The Morgan fingerprint density at radius 2 is 2.12 bits per heavy atom. The molecule has 2 rings (SSSR count). The lowest BCUT2D eigenvalue weighted by molar-refractivity contribution is 0.756. The zero-order valence-corrected chi connectivity index (χ0v) is 12.7. The third-order valence-corrected chi connectivity index (χ3v) is 4.19. The summed E-state index contributed by atoms with van der Waals surface area (Å²) in [5, 5.41) is 4.80. The van der Waals surface area contributed by atoms with E-state index in [9.17, 15) is 0 Å². The summed E-state index contributed by atoms with van der Waals surface area (Å²) in [6.45, 7) is 4.00. The Kier molecular flexibility index (Phi) is 3.67. The minimum absolute atomic E-state index is 0.510. The van der Waals surface area contributed by atoms with Crippen LogP contribution in [-0.2, 0) is 13.5 Å². The molecule has 4 nitrogen and oxygen atoms in total. The molecule has 0 fully saturated rings. The first-order chi connectivity index (χ1) is 8.02. The largest absolute Gasteiger partial charge is 0.275 e. The zero-order chi connectivity index (χ0) is 12.6. The fourth-order valence-electron chi connectivity index (χ4n) is 1.64. The first kappa shape index (κ1) is 12.8. The summed E-state index contributed by atoms with van der Waals surface area (Å²) in [4.78, 5) is 8.86. The van der Waals surface area contributed by atoms with Gasteiger partial charge in [0.1, 0.15) is 5.15 Å². The summed E-state index contributed by atoms with van der Waals surface area (Å²) in [5.41, 5.74) is 2.82. The zero-order valence-electron chi connectivity index (χ0n) is 9.83. The van der Waals surface area contributed by atoms with E-state index in [0.717, 1.165) is 26.9 Å². The van der Waals surface area contributed by atoms with Crippen molar-refractivity contribution in [2.24, 2.45) is 7.05 Å². The monoisotopic (exact) mass is 362 g/mol. The number of aromatic nitrogens is 4. The van der Waals surface area contributed by atoms with Crippen LogP contribution in [0.3, 0.4) is 0 Å². The highest BCUT2D eigenvalue weighted by molar-refractivity contribution is 14.1. The Hall–Kier alpha value is -0.690. The van der Waals surface area contributed by atoms with E-state index in [4.69, 9.17) is 11.6 Å². The molecule has 17 heavy (non-hydrogen) atoms. The molecule has 0 spiro atoms. The number of halogens is 2. The van der Waals surface area contributed by atoms with E-state index in [0.29, 0.717) is 11.0 Å². The number of hydrogen-bond acceptors (Lipinski definition) is 3. The molecule has 0 atom stereocenters. The molecule has 0 radical (unpaired) electrons. The molecular formula is C11H12ClIN4. The highest BCUT2D eigenvalue weighted by Gasteiger charge is 2.14. The molecule has 0 N–H and O–H groups in total. The van der Waals surface area contributed by atoms with Gasteiger partial charge in [0, 0.05) is 13.2 Å². The van der Waals surface area contributed by atoms with Crippen LogP contribution in [0, 0.1) is 10.5 Å². The molecule has 0 aliphatic carbocycles. The van der Waals surface area contributed by atoms with Crippen LogP contribution in [0.2, 0.25) is 5.15 Å². The van der Waals surface area contributed by atoms with Crippen molar-refractivity contribution in [2.45, 2.75) is 20.3 Å². The lowest BCUT2D eigenvalue weighted by Gasteiger charge is -2.05. The molecule has 0 unspecified atom stereocenters. The molecule has 0 aromatic carbocycles. The van der Waals surface area contributed by atoms with E-state index in [1.54, 1.807) is 4.68 Å². The summed E-state index contributed by atoms with van der Waals surface area (Å²) in [5.74, 6) is 0.651. The maximum Gasteiger partial charge on any atom is 0.164 e. The molecule has 2 aromatic heterocycles. The van der Waals surface area contributed by atoms with Gasteiger partial charge in [0.15, 0.2) is 5.82 Å². The van der Waals surface area contributed by atoms with Crippen molar-refractivity contribution < 1.29 is 0 Å². The number of aryl methyl sites for hydroxylation is 3. The standard InChI is InChI=1S/C11H12ClIN4/c1-4-8-9(13)10(12)15-11(14-8)7-5-17(3)16-6(7)2/h5H,4H2,1-3H3. The SMILES string of the molecule is CCc1nc(-c2cn(C)nc2C)nc(Cl)c1I. The van der Waals surface area contributed by atoms with E-state index < -0.39 is 0 Å². The summed E-state index contributed by atoms with van der Waals surface area (Å²) in [6, 6.07) is 0. The van der Waals surface area contributed by atoms with Gasteiger partial charge >= 0.3 is 0 Å². The number of rotatable bonds is 2. The quantitative estimate of drug-likeness (QED) is 0.609. The second-order valence-electron chi connectivity index (χ2n) is 3.75. The predicted molar refractivity (Wildman–Crippen MR) is 76.1 cm³/mol. The second-order valence-corrected chi connectivity index (χ2v) is 5.19. The van der Waals surface area contributed by atoms with Crippen LogP contribution >= 0.6 is 34.2 Å². The van der Waals surface area contributed by atoms with Crippen LogP contribution in [0.1, 0.15) is 18.3 Å². The normalized spacial score (nSPS) is 10.9. The van der Waals surface area contributed by atoms with Crippen molar-refractivity contribution in [3.8, 4) is 11.4 Å². The van der Waals surface area contributed by atoms with Gasteiger partial charge in [0.2, 0.25) is 0 Å². The van der Waals surface area contributed by atoms with Crippen molar-refractivity contribution in [2.75, 3.05) is 0 Å². The van der Waals surface area contributed by atoms with Gasteiger partial charge < -0.3 is 0 Å². The topological polar surface area (TPSA) is 43.6 Å². The average molecular weight is 363 g/mol. The summed E-state index contributed by atoms with van der Waals surface area (Å²) in [6.07, 6.45) is 2.75. The van der Waals surface area contributed by atoms with Crippen LogP contribution in [0.15, 0.2) is 6.20 Å². The van der Waals surface area contributed by atoms with Crippen molar-refractivity contribution in [3.05, 3.63) is 26.3 Å². The smallest absolute Gasteiger partial charge is 0.164 e. The maximum absolute atomic E-state index is 6.12. The molecule has 90 valence electrons. The second kappa shape index (κ2) is 4.89. The number of nitrogens with zero attached hydrogens (tertiary/aromatic N) is 4. The molecule has 0 aliphatic rings. The van der Waals surface area contributed by atoms with Crippen molar-refractivity contribution in [3.63, 3.8) is 0 Å². The Bertz CT molecular complexity index is 565. The van der Waals surface area contributed by atoms with Gasteiger partial charge in [0.05, 0.1) is 20.5 Å². The predicted octanol–water partition coefficient (Wildman–Crippen LogP) is 3.01. The Morgan fingerprint density at radius 3 is 2.65 bits per heavy atom. The highest BCUT2D eigenvalue weighted by Crippen LogP contribution is 2.25. The van der Waals surface area contributed by atoms with Crippen LogP contribution in [-0.4, -0.2) is 19.7 Å². The Balaban J connectivity index is 2.60. The molecule has 2 aromatic rings. The molecule has 0 bridgehead atoms. The van der Waals surface area contributed by atoms with Gasteiger partial charge in [-0.2, -0.15) is 5.10 Å². The van der Waals surface area contributed by atoms with Gasteiger partial charge in [0.25, 0.3) is 0 Å². The van der Waals surface area contributed by atoms with Gasteiger partial charge in [-0.3, -0.25) is 4.68 Å². The fourth-order valence-corrected chi connectivity index (χ4v) is 2.45. The minimum Gasteiger partial charge on any atom is -0.275 e. The van der Waals surface area contributed by atoms with Crippen LogP contribution < -0.4 is 0 Å². The molecule has 0 saturated carbocycles. The molecular weight excluding hydrogens is 351 g/mol. The van der Waals surface area contributed by atoms with Crippen molar-refractivity contribution in [1.82, 2.24) is 19.7 Å². The van der Waals surface area contributed by atoms with E-state index in [-0.39, 0.29) is 0 Å². The van der Waals surface area contributed by atoms with Gasteiger partial charge in [-0.25, -0.2) is 9.97 Å². The average Bonchev–Trinajstić information content (AvgIpc) is 2.61. The lowest BCUT2D eigenvalue weighted by Crippen LogP contribution is -1.99. The minimum atomic E-state index is 0.510. The molecule has 6 heteroatoms. The summed E-state index contributed by atoms with van der Waals surface area (Å²) >= 11 is 8.30. The lowest BCUT2D eigenvalue weighted by atomic mass is 10.2. The third kappa shape index (κ3) is 2.44. The molecule has 2 heterocycles. The van der Waals surface area contributed by atoms with Crippen molar-refractivity contribution in [1.29, 1.82) is 0 Å². The first-order valence-electron chi connectivity index (χ1n) is 5.25. The highest BCUT2D eigenvalue weighted by atomic mass is 127. The van der Waals surface area contributed by atoms with Gasteiger partial charge in [-0.05, 0) is 35.9 Å². The van der Waals surface area contributed by atoms with Gasteiger partial charge in [-0.15, -0.1) is 0 Å². The van der Waals surface area contributed by atoms with Gasteiger partial charge in [-0.1, -0.05) is 18.5 Å². The van der Waals surface area contributed by atoms with E-state index in [1.807, 2.05) is 20.2 Å².